The Bertz CT molecular complexity index is 307. The second kappa shape index (κ2) is 3.49. The predicted molar refractivity (Wildman–Crippen MR) is 65.2 cm³/mol. The molecule has 1 heterocycles. The molecule has 0 unspecified atom stereocenters. The van der Waals surface area contributed by atoms with Crippen LogP contribution < -0.4 is 0 Å². The molecule has 0 N–H and O–H groups in total. The molecule has 1 aliphatic heterocycles. The monoisotopic (exact) mass is 221 g/mol. The zero-order valence-corrected chi connectivity index (χ0v) is 10.6. The van der Waals surface area contributed by atoms with Gasteiger partial charge in [-0.15, -0.1) is 0 Å². The van der Waals surface area contributed by atoms with Gasteiger partial charge in [-0.05, 0) is 31.1 Å². The van der Waals surface area contributed by atoms with Crippen molar-refractivity contribution in [2.75, 3.05) is 26.3 Å². The van der Waals surface area contributed by atoms with Crippen LogP contribution >= 0.6 is 0 Å². The highest BCUT2D eigenvalue weighted by Gasteiger charge is 2.46. The second-order valence-corrected chi connectivity index (χ2v) is 6.34. The van der Waals surface area contributed by atoms with Crippen molar-refractivity contribution in [3.8, 4) is 0 Å². The number of morpholine rings is 1. The van der Waals surface area contributed by atoms with Gasteiger partial charge in [-0.2, -0.15) is 0 Å². The van der Waals surface area contributed by atoms with E-state index in [2.05, 4.69) is 24.8 Å². The van der Waals surface area contributed by atoms with Crippen molar-refractivity contribution in [1.82, 2.24) is 4.90 Å². The van der Waals surface area contributed by atoms with Crippen LogP contribution in [0.4, 0.5) is 0 Å². The van der Waals surface area contributed by atoms with E-state index in [0.29, 0.717) is 10.8 Å². The molecule has 16 heavy (non-hydrogen) atoms. The molecule has 4 rings (SSSR count). The molecule has 2 nitrogen and oxygen atoms in total. The van der Waals surface area contributed by atoms with Crippen molar-refractivity contribution in [1.29, 1.82) is 0 Å². The molecule has 2 heteroatoms. The minimum Gasteiger partial charge on any atom is -0.378 e. The molecule has 2 fully saturated rings. The quantitative estimate of drug-likeness (QED) is 0.675. The molecule has 2 bridgehead atoms. The van der Waals surface area contributed by atoms with Gasteiger partial charge in [-0.25, -0.2) is 0 Å². The van der Waals surface area contributed by atoms with E-state index in [-0.39, 0.29) is 0 Å². The Morgan fingerprint density at radius 3 is 2.31 bits per heavy atom. The van der Waals surface area contributed by atoms with Crippen molar-refractivity contribution in [3.63, 3.8) is 0 Å². The zero-order valence-electron chi connectivity index (χ0n) is 10.6. The average molecular weight is 221 g/mol. The number of allylic oxidation sites excluding steroid dienone is 2. The van der Waals surface area contributed by atoms with Crippen molar-refractivity contribution in [2.24, 2.45) is 10.8 Å². The predicted octanol–water partition coefficient (Wildman–Crippen LogP) is 2.80. The van der Waals surface area contributed by atoms with Crippen molar-refractivity contribution >= 4 is 0 Å². The van der Waals surface area contributed by atoms with Crippen molar-refractivity contribution < 1.29 is 4.74 Å². The number of hydrogen-bond acceptors (Lipinski definition) is 2. The number of ether oxygens (including phenoxy) is 1. The minimum absolute atomic E-state index is 0.467. The van der Waals surface area contributed by atoms with Crippen LogP contribution in [0.2, 0.25) is 0 Å². The van der Waals surface area contributed by atoms with Crippen molar-refractivity contribution in [2.45, 2.75) is 39.5 Å². The summed E-state index contributed by atoms with van der Waals surface area (Å²) in [4.78, 5) is 2.58. The number of rotatable bonds is 1. The van der Waals surface area contributed by atoms with Gasteiger partial charge in [0.25, 0.3) is 0 Å². The summed E-state index contributed by atoms with van der Waals surface area (Å²) >= 11 is 0. The molecule has 1 saturated carbocycles. The lowest BCUT2D eigenvalue weighted by molar-refractivity contribution is 0.0218. The summed E-state index contributed by atoms with van der Waals surface area (Å²) in [5.41, 5.74) is 2.59. The fourth-order valence-electron chi connectivity index (χ4n) is 3.55. The van der Waals surface area contributed by atoms with Gasteiger partial charge in [-0.3, -0.25) is 0 Å². The average Bonchev–Trinajstić information content (AvgIpc) is 2.32. The molecule has 3 aliphatic carbocycles. The SMILES string of the molecule is CC12C=C(N3CCOCC3)C(C)(CC1)CC2. The van der Waals surface area contributed by atoms with Crippen LogP contribution in [-0.2, 0) is 4.74 Å². The molecule has 0 aromatic rings. The summed E-state index contributed by atoms with van der Waals surface area (Å²) in [5, 5.41) is 0. The van der Waals surface area contributed by atoms with Crippen LogP contribution in [0.5, 0.6) is 0 Å². The van der Waals surface area contributed by atoms with Crippen LogP contribution in [0.1, 0.15) is 39.5 Å². The molecule has 0 spiro atoms. The Kier molecular flexibility index (Phi) is 2.32. The third kappa shape index (κ3) is 1.58. The largest absolute Gasteiger partial charge is 0.378 e. The summed E-state index contributed by atoms with van der Waals surface area (Å²) < 4.78 is 5.46. The highest BCUT2D eigenvalue weighted by molar-refractivity contribution is 5.24. The zero-order chi connectivity index (χ0) is 11.2. The van der Waals surface area contributed by atoms with Crippen molar-refractivity contribution in [3.05, 3.63) is 11.8 Å². The van der Waals surface area contributed by atoms with Gasteiger partial charge in [0.15, 0.2) is 0 Å². The smallest absolute Gasteiger partial charge is 0.0642 e. The van der Waals surface area contributed by atoms with E-state index < -0.39 is 0 Å². The molecule has 4 aliphatic rings. The fourth-order valence-corrected chi connectivity index (χ4v) is 3.55. The fraction of sp³-hybridized carbons (Fsp3) is 0.857. The first-order valence-electron chi connectivity index (χ1n) is 6.67. The molecule has 1 saturated heterocycles. The lowest BCUT2D eigenvalue weighted by Crippen LogP contribution is -2.47. The van der Waals surface area contributed by atoms with Crippen LogP contribution in [0, 0.1) is 10.8 Å². The van der Waals surface area contributed by atoms with Crippen LogP contribution in [0.15, 0.2) is 11.8 Å². The van der Waals surface area contributed by atoms with Crippen LogP contribution in [0.3, 0.4) is 0 Å². The van der Waals surface area contributed by atoms with E-state index in [0.717, 1.165) is 26.3 Å². The van der Waals surface area contributed by atoms with Gasteiger partial charge in [-0.1, -0.05) is 19.9 Å². The van der Waals surface area contributed by atoms with Crippen LogP contribution in [-0.4, -0.2) is 31.2 Å². The lowest BCUT2D eigenvalue weighted by Gasteiger charge is -2.53. The lowest BCUT2D eigenvalue weighted by atomic mass is 9.58. The molecule has 0 atom stereocenters. The maximum Gasteiger partial charge on any atom is 0.0642 e. The Morgan fingerprint density at radius 1 is 1.06 bits per heavy atom. The third-order valence-electron chi connectivity index (χ3n) is 4.95. The number of hydrogen-bond donors (Lipinski definition) is 0. The van der Waals surface area contributed by atoms with Gasteiger partial charge in [0.05, 0.1) is 13.2 Å². The topological polar surface area (TPSA) is 12.5 Å². The molecule has 0 radical (unpaired) electrons. The summed E-state index contributed by atoms with van der Waals surface area (Å²) in [6.07, 6.45) is 8.12. The molecular weight excluding hydrogens is 198 g/mol. The number of nitrogens with zero attached hydrogens (tertiary/aromatic N) is 1. The second-order valence-electron chi connectivity index (χ2n) is 6.34. The Hall–Kier alpha value is -0.500. The first-order valence-corrected chi connectivity index (χ1v) is 6.67. The highest BCUT2D eigenvalue weighted by Crippen LogP contribution is 2.56. The van der Waals surface area contributed by atoms with E-state index in [9.17, 15) is 0 Å². The molecule has 0 amide bonds. The van der Waals surface area contributed by atoms with Gasteiger partial charge >= 0.3 is 0 Å². The minimum atomic E-state index is 0.467. The van der Waals surface area contributed by atoms with Gasteiger partial charge in [0.1, 0.15) is 0 Å². The maximum absolute atomic E-state index is 5.46. The normalized spacial score (nSPS) is 43.4. The highest BCUT2D eigenvalue weighted by atomic mass is 16.5. The summed E-state index contributed by atoms with van der Waals surface area (Å²) in [6.45, 7) is 8.91. The first-order chi connectivity index (χ1) is 7.61. The van der Waals surface area contributed by atoms with Gasteiger partial charge in [0, 0.05) is 24.2 Å². The van der Waals surface area contributed by atoms with E-state index in [1.165, 1.54) is 25.7 Å². The van der Waals surface area contributed by atoms with Gasteiger partial charge in [0.2, 0.25) is 0 Å². The summed E-state index contributed by atoms with van der Waals surface area (Å²) in [5.74, 6) is 0. The molecular formula is C14H23NO. The Labute approximate surface area is 98.6 Å². The molecule has 0 aromatic carbocycles. The Morgan fingerprint density at radius 2 is 1.69 bits per heavy atom. The van der Waals surface area contributed by atoms with Crippen LogP contribution in [0.25, 0.3) is 0 Å². The first kappa shape index (κ1) is 10.6. The van der Waals surface area contributed by atoms with E-state index in [4.69, 9.17) is 4.74 Å². The van der Waals surface area contributed by atoms with E-state index in [1.807, 2.05) is 0 Å². The molecule has 0 aromatic heterocycles. The summed E-state index contributed by atoms with van der Waals surface area (Å²) in [6, 6.07) is 0. The number of fused-ring (bicyclic) bond motifs is 2. The molecule has 90 valence electrons. The van der Waals surface area contributed by atoms with Gasteiger partial charge < -0.3 is 9.64 Å². The van der Waals surface area contributed by atoms with E-state index in [1.54, 1.807) is 5.70 Å². The standard InChI is InChI=1S/C14H23NO/c1-13-3-5-14(2,6-4-13)12(11-13)15-7-9-16-10-8-15/h11H,3-10H2,1-2H3. The Balaban J connectivity index is 1.90. The third-order valence-corrected chi connectivity index (χ3v) is 4.95. The summed E-state index contributed by atoms with van der Waals surface area (Å²) in [7, 11) is 0. The van der Waals surface area contributed by atoms with E-state index >= 15 is 0 Å². The maximum atomic E-state index is 5.46.